The molecule has 1 aromatic carbocycles. The van der Waals surface area contributed by atoms with E-state index in [1.807, 2.05) is 0 Å². The van der Waals surface area contributed by atoms with Crippen LogP contribution in [0.15, 0.2) is 30.0 Å². The normalized spacial score (nSPS) is 19.7. The van der Waals surface area contributed by atoms with Gasteiger partial charge in [0.15, 0.2) is 6.10 Å². The van der Waals surface area contributed by atoms with Crippen LogP contribution in [0, 0.1) is 12.3 Å². The Kier molecular flexibility index (Phi) is 4.40. The number of benzene rings is 1. The molecule has 0 bridgehead atoms. The molecule has 3 unspecified atom stereocenters. The number of fused-ring (bicyclic) bond motifs is 1. The van der Waals surface area contributed by atoms with Crippen LogP contribution in [0.25, 0.3) is 6.08 Å². The van der Waals surface area contributed by atoms with E-state index >= 15 is 0 Å². The van der Waals surface area contributed by atoms with Crippen molar-refractivity contribution in [3.05, 3.63) is 41.1 Å². The Morgan fingerprint density at radius 3 is 2.57 bits per heavy atom. The van der Waals surface area contributed by atoms with E-state index in [1.165, 1.54) is 0 Å². The summed E-state index contributed by atoms with van der Waals surface area (Å²) in [5.41, 5.74) is -1.73. The van der Waals surface area contributed by atoms with Gasteiger partial charge in [-0.2, -0.15) is 0 Å². The number of aliphatic carboxylic acids is 2. The fourth-order valence-electron chi connectivity index (χ4n) is 2.69. The zero-order valence-corrected chi connectivity index (χ0v) is 11.9. The first kappa shape index (κ1) is 16.5. The summed E-state index contributed by atoms with van der Waals surface area (Å²) in [5.74, 6) is -2.66. The number of aliphatic hydroxyl groups excluding tert-OH is 1. The zero-order valence-electron chi connectivity index (χ0n) is 11.9. The zero-order chi connectivity index (χ0) is 17.2. The number of nitrogens with one attached hydrogen (secondary N) is 1. The SMILES string of the molecule is C#CCNC1=Cc2ccccc2C1C(O)(C(=O)O)C(O)C(=O)O. The summed E-state index contributed by atoms with van der Waals surface area (Å²) < 4.78 is 0. The molecular weight excluding hydrogens is 302 g/mol. The first-order chi connectivity index (χ1) is 10.8. The van der Waals surface area contributed by atoms with E-state index in [1.54, 1.807) is 30.3 Å². The van der Waals surface area contributed by atoms with Crippen LogP contribution in [0.2, 0.25) is 0 Å². The van der Waals surface area contributed by atoms with Gasteiger partial charge in [0.1, 0.15) is 0 Å². The van der Waals surface area contributed by atoms with E-state index < -0.39 is 29.6 Å². The van der Waals surface area contributed by atoms with Gasteiger partial charge in [0.25, 0.3) is 0 Å². The van der Waals surface area contributed by atoms with Crippen LogP contribution in [0.5, 0.6) is 0 Å². The third-order valence-corrected chi connectivity index (χ3v) is 3.76. The lowest BCUT2D eigenvalue weighted by Gasteiger charge is -2.34. The molecule has 0 saturated heterocycles. The minimum Gasteiger partial charge on any atom is -0.479 e. The fourth-order valence-corrected chi connectivity index (χ4v) is 2.69. The molecule has 0 amide bonds. The van der Waals surface area contributed by atoms with Crippen molar-refractivity contribution in [1.29, 1.82) is 0 Å². The Bertz CT molecular complexity index is 720. The van der Waals surface area contributed by atoms with Crippen LogP contribution >= 0.6 is 0 Å². The van der Waals surface area contributed by atoms with Crippen molar-refractivity contribution in [1.82, 2.24) is 5.32 Å². The molecule has 2 rings (SSSR count). The minimum atomic E-state index is -2.95. The van der Waals surface area contributed by atoms with E-state index in [2.05, 4.69) is 11.2 Å². The van der Waals surface area contributed by atoms with Crippen molar-refractivity contribution in [2.24, 2.45) is 0 Å². The van der Waals surface area contributed by atoms with Gasteiger partial charge in [0.2, 0.25) is 5.60 Å². The van der Waals surface area contributed by atoms with Crippen LogP contribution in [0.1, 0.15) is 17.0 Å². The van der Waals surface area contributed by atoms with Crippen molar-refractivity contribution in [2.45, 2.75) is 17.6 Å². The van der Waals surface area contributed by atoms with Gasteiger partial charge in [-0.3, -0.25) is 0 Å². The molecule has 7 nitrogen and oxygen atoms in total. The van der Waals surface area contributed by atoms with Crippen molar-refractivity contribution < 1.29 is 30.0 Å². The van der Waals surface area contributed by atoms with Crippen LogP contribution in [0.3, 0.4) is 0 Å². The number of terminal acetylenes is 1. The highest BCUT2D eigenvalue weighted by Gasteiger charge is 2.57. The number of hydrogen-bond donors (Lipinski definition) is 5. The quantitative estimate of drug-likeness (QED) is 0.452. The molecule has 0 aromatic heterocycles. The summed E-state index contributed by atoms with van der Waals surface area (Å²) >= 11 is 0. The van der Waals surface area contributed by atoms with Crippen molar-refractivity contribution in [3.63, 3.8) is 0 Å². The second-order valence-corrected chi connectivity index (χ2v) is 5.09. The average molecular weight is 317 g/mol. The molecule has 0 radical (unpaired) electrons. The van der Waals surface area contributed by atoms with Crippen molar-refractivity contribution >= 4 is 18.0 Å². The molecule has 23 heavy (non-hydrogen) atoms. The van der Waals surface area contributed by atoms with Gasteiger partial charge in [-0.25, -0.2) is 9.59 Å². The number of carboxylic acid groups (broad SMARTS) is 2. The summed E-state index contributed by atoms with van der Waals surface area (Å²) in [6, 6.07) is 6.58. The first-order valence-electron chi connectivity index (χ1n) is 6.68. The molecule has 5 N–H and O–H groups in total. The molecule has 1 aliphatic carbocycles. The van der Waals surface area contributed by atoms with Crippen LogP contribution in [-0.2, 0) is 9.59 Å². The molecule has 0 spiro atoms. The highest BCUT2D eigenvalue weighted by molar-refractivity contribution is 5.90. The summed E-state index contributed by atoms with van der Waals surface area (Å²) in [6.45, 7) is 0.0508. The van der Waals surface area contributed by atoms with Gasteiger partial charge in [-0.1, -0.05) is 30.2 Å². The second kappa shape index (κ2) is 6.12. The van der Waals surface area contributed by atoms with Gasteiger partial charge in [0.05, 0.1) is 12.5 Å². The maximum absolute atomic E-state index is 11.6. The number of aliphatic hydroxyl groups is 2. The molecule has 0 aliphatic heterocycles. The topological polar surface area (TPSA) is 127 Å². The number of rotatable bonds is 6. The van der Waals surface area contributed by atoms with E-state index in [0.717, 1.165) is 0 Å². The van der Waals surface area contributed by atoms with Gasteiger partial charge >= 0.3 is 11.9 Å². The van der Waals surface area contributed by atoms with E-state index in [-0.39, 0.29) is 12.2 Å². The molecule has 0 saturated carbocycles. The Morgan fingerprint density at radius 1 is 1.35 bits per heavy atom. The fraction of sp³-hybridized carbons (Fsp3) is 0.250. The summed E-state index contributed by atoms with van der Waals surface area (Å²) in [7, 11) is 0. The van der Waals surface area contributed by atoms with E-state index in [0.29, 0.717) is 11.1 Å². The monoisotopic (exact) mass is 317 g/mol. The van der Waals surface area contributed by atoms with Crippen LogP contribution in [-0.4, -0.2) is 50.6 Å². The highest BCUT2D eigenvalue weighted by Crippen LogP contribution is 2.43. The minimum absolute atomic E-state index is 0.0508. The molecular formula is C16H15NO6. The maximum atomic E-state index is 11.6. The first-order valence-corrected chi connectivity index (χ1v) is 6.68. The average Bonchev–Trinajstić information content (AvgIpc) is 2.89. The standard InChI is InChI=1S/C16H15NO6/c1-2-7-17-11-8-9-5-3-4-6-10(9)12(11)16(23,15(21)22)13(18)14(19)20/h1,3-6,8,12-13,17-18,23H,7H2,(H,19,20)(H,21,22). The predicted octanol–water partition coefficient (Wildman–Crippen LogP) is -0.391. The predicted molar refractivity (Wildman–Crippen MR) is 80.2 cm³/mol. The molecule has 120 valence electrons. The molecule has 0 fully saturated rings. The lowest BCUT2D eigenvalue weighted by atomic mass is 9.78. The van der Waals surface area contributed by atoms with E-state index in [4.69, 9.17) is 11.5 Å². The number of carbonyl (C=O) groups is 2. The summed E-state index contributed by atoms with van der Waals surface area (Å²) in [6.07, 6.45) is 4.22. The lowest BCUT2D eigenvalue weighted by molar-refractivity contribution is -0.185. The highest BCUT2D eigenvalue weighted by atomic mass is 16.4. The number of hydrogen-bond acceptors (Lipinski definition) is 5. The molecule has 1 aliphatic rings. The van der Waals surface area contributed by atoms with Gasteiger partial charge in [-0.15, -0.1) is 6.42 Å². The lowest BCUT2D eigenvalue weighted by Crippen LogP contribution is -2.58. The van der Waals surface area contributed by atoms with Crippen molar-refractivity contribution in [2.75, 3.05) is 6.54 Å². The van der Waals surface area contributed by atoms with Crippen molar-refractivity contribution in [3.8, 4) is 12.3 Å². The van der Waals surface area contributed by atoms with Gasteiger partial charge in [0, 0.05) is 5.70 Å². The Hall–Kier alpha value is -2.82. The van der Waals surface area contributed by atoms with Crippen LogP contribution < -0.4 is 5.32 Å². The Balaban J connectivity index is 2.59. The Morgan fingerprint density at radius 2 is 2.00 bits per heavy atom. The van der Waals surface area contributed by atoms with Crippen LogP contribution in [0.4, 0.5) is 0 Å². The Labute approximate surface area is 131 Å². The smallest absolute Gasteiger partial charge is 0.340 e. The van der Waals surface area contributed by atoms with Gasteiger partial charge < -0.3 is 25.7 Å². The molecule has 1 aromatic rings. The number of carboxylic acids is 2. The summed E-state index contributed by atoms with van der Waals surface area (Å²) in [5, 5.41) is 41.6. The molecule has 0 heterocycles. The van der Waals surface area contributed by atoms with E-state index in [9.17, 15) is 24.9 Å². The third-order valence-electron chi connectivity index (χ3n) is 3.76. The largest absolute Gasteiger partial charge is 0.479 e. The third kappa shape index (κ3) is 2.65. The maximum Gasteiger partial charge on any atom is 0.340 e. The second-order valence-electron chi connectivity index (χ2n) is 5.09. The molecule has 7 heteroatoms. The van der Waals surface area contributed by atoms with Gasteiger partial charge in [-0.05, 0) is 17.2 Å². The molecule has 3 atom stereocenters. The summed E-state index contributed by atoms with van der Waals surface area (Å²) in [4.78, 5) is 22.7.